The van der Waals surface area contributed by atoms with Gasteiger partial charge in [0.25, 0.3) is 0 Å². The van der Waals surface area contributed by atoms with Crippen LogP contribution >= 0.6 is 11.8 Å². The summed E-state index contributed by atoms with van der Waals surface area (Å²) in [5.41, 5.74) is 3.58. The molecule has 1 saturated heterocycles. The normalized spacial score (nSPS) is 20.0. The van der Waals surface area contributed by atoms with Crippen molar-refractivity contribution in [3.63, 3.8) is 0 Å². The average molecular weight is 670 g/mol. The first kappa shape index (κ1) is 31.8. The van der Waals surface area contributed by atoms with Crippen LogP contribution in [-0.2, 0) is 22.6 Å². The predicted molar refractivity (Wildman–Crippen MR) is 173 cm³/mol. The van der Waals surface area contributed by atoms with Crippen LogP contribution < -0.4 is 9.64 Å². The molecule has 0 spiro atoms. The van der Waals surface area contributed by atoms with E-state index in [0.717, 1.165) is 11.3 Å². The van der Waals surface area contributed by atoms with Crippen molar-refractivity contribution >= 4 is 38.7 Å². The zero-order valence-corrected chi connectivity index (χ0v) is 26.9. The Morgan fingerprint density at radius 2 is 1.83 bits per heavy atom. The van der Waals surface area contributed by atoms with Crippen molar-refractivity contribution in [2.45, 2.75) is 49.4 Å². The number of amidine groups is 1. The minimum Gasteiger partial charge on any atom is -0.406 e. The quantitative estimate of drug-likeness (QED) is 0.180. The Bertz CT molecular complexity index is 1990. The van der Waals surface area contributed by atoms with E-state index in [1.165, 1.54) is 53.0 Å². The summed E-state index contributed by atoms with van der Waals surface area (Å²) in [6.07, 6.45) is -3.36. The Morgan fingerprint density at radius 1 is 1.11 bits per heavy atom. The van der Waals surface area contributed by atoms with Crippen molar-refractivity contribution in [2.75, 3.05) is 10.7 Å². The Kier molecular flexibility index (Phi) is 8.02. The van der Waals surface area contributed by atoms with Gasteiger partial charge in [-0.3, -0.25) is 9.58 Å². The fourth-order valence-electron chi connectivity index (χ4n) is 5.73. The number of hydrogen-bond acceptors (Lipinski definition) is 8. The van der Waals surface area contributed by atoms with Crippen LogP contribution in [0.2, 0.25) is 0 Å². The van der Waals surface area contributed by atoms with E-state index in [-0.39, 0.29) is 22.3 Å². The lowest BCUT2D eigenvalue weighted by Crippen LogP contribution is -2.45. The van der Waals surface area contributed by atoms with Crippen LogP contribution in [0.4, 0.5) is 18.9 Å². The first-order chi connectivity index (χ1) is 21.6. The number of thioether (sulfide) groups is 1. The second-order valence-corrected chi connectivity index (χ2v) is 14.5. The molecule has 1 unspecified atom stereocenters. The van der Waals surface area contributed by atoms with Gasteiger partial charge in [0, 0.05) is 35.2 Å². The molecule has 1 aromatic heterocycles. The van der Waals surface area contributed by atoms with Gasteiger partial charge in [-0.1, -0.05) is 55.9 Å². The molecule has 46 heavy (non-hydrogen) atoms. The summed E-state index contributed by atoms with van der Waals surface area (Å²) >= 11 is 1.38. The van der Waals surface area contributed by atoms with Gasteiger partial charge >= 0.3 is 6.36 Å². The Balaban J connectivity index is 1.31. The van der Waals surface area contributed by atoms with E-state index in [1.807, 2.05) is 24.3 Å². The number of sulfone groups is 1. The number of alkyl halides is 3. The Hall–Kier alpha value is -4.14. The SMILES string of the molecule is CC(C)c1ccccc1N1/C(=N/N=C\c2ccc3c(c2)S(=O)(=O)Cc2c-3nn(C)c2-c2ccc(OC(F)(F)F)cc2)SCC1(C)O. The van der Waals surface area contributed by atoms with Gasteiger partial charge < -0.3 is 9.84 Å². The number of aryl methyl sites for hydroxylation is 1. The van der Waals surface area contributed by atoms with E-state index < -0.39 is 21.9 Å². The molecule has 9 nitrogen and oxygen atoms in total. The van der Waals surface area contributed by atoms with Crippen molar-refractivity contribution in [3.05, 3.63) is 83.4 Å². The highest BCUT2D eigenvalue weighted by Gasteiger charge is 2.41. The number of aromatic nitrogens is 2. The maximum Gasteiger partial charge on any atom is 0.573 e. The van der Waals surface area contributed by atoms with Crippen LogP contribution in [0.5, 0.6) is 5.75 Å². The number of anilines is 1. The van der Waals surface area contributed by atoms with Crippen molar-refractivity contribution in [2.24, 2.45) is 17.3 Å². The van der Waals surface area contributed by atoms with E-state index in [2.05, 4.69) is 33.9 Å². The molecule has 2 aliphatic heterocycles. The topological polar surface area (TPSA) is 109 Å². The average Bonchev–Trinajstić information content (AvgIpc) is 3.46. The van der Waals surface area contributed by atoms with Crippen molar-refractivity contribution in [1.82, 2.24) is 9.78 Å². The van der Waals surface area contributed by atoms with Crippen LogP contribution in [0.15, 0.2) is 81.8 Å². The molecule has 2 aliphatic rings. The van der Waals surface area contributed by atoms with Gasteiger partial charge in [0.2, 0.25) is 0 Å². The Morgan fingerprint density at radius 3 is 2.52 bits per heavy atom. The molecule has 0 radical (unpaired) electrons. The largest absolute Gasteiger partial charge is 0.573 e. The van der Waals surface area contributed by atoms with Gasteiger partial charge in [-0.25, -0.2) is 8.42 Å². The van der Waals surface area contributed by atoms with Crippen LogP contribution in [-0.4, -0.2) is 52.5 Å². The minimum atomic E-state index is -4.82. The Labute approximate surface area is 268 Å². The zero-order valence-electron chi connectivity index (χ0n) is 25.3. The zero-order chi connectivity index (χ0) is 33.0. The smallest absolute Gasteiger partial charge is 0.406 e. The van der Waals surface area contributed by atoms with Gasteiger partial charge in [0.05, 0.1) is 28.3 Å². The molecule has 240 valence electrons. The van der Waals surface area contributed by atoms with Crippen LogP contribution in [0.25, 0.3) is 22.5 Å². The van der Waals surface area contributed by atoms with E-state index in [4.69, 9.17) is 0 Å². The van der Waals surface area contributed by atoms with Gasteiger partial charge in [0.1, 0.15) is 5.75 Å². The molecule has 14 heteroatoms. The summed E-state index contributed by atoms with van der Waals surface area (Å²) in [5.74, 6) is -0.105. The second-order valence-electron chi connectivity index (χ2n) is 11.6. The maximum atomic E-state index is 13.5. The van der Waals surface area contributed by atoms with Crippen LogP contribution in [0.3, 0.4) is 0 Å². The third-order valence-corrected chi connectivity index (χ3v) is 10.6. The second kappa shape index (κ2) is 11.6. The molecule has 3 aromatic carbocycles. The number of ether oxygens (including phenoxy) is 1. The van der Waals surface area contributed by atoms with Crippen molar-refractivity contribution in [1.29, 1.82) is 0 Å². The van der Waals surface area contributed by atoms with Crippen molar-refractivity contribution < 1.29 is 31.4 Å². The molecule has 0 aliphatic carbocycles. The number of halogens is 3. The summed E-state index contributed by atoms with van der Waals surface area (Å²) in [7, 11) is -2.16. The first-order valence-corrected chi connectivity index (χ1v) is 16.9. The van der Waals surface area contributed by atoms with Gasteiger partial charge in [-0.05, 0) is 60.4 Å². The van der Waals surface area contributed by atoms with E-state index >= 15 is 0 Å². The first-order valence-electron chi connectivity index (χ1n) is 14.3. The summed E-state index contributed by atoms with van der Waals surface area (Å²) in [6, 6.07) is 18.0. The standard InChI is InChI=1S/C32H30F3N5O4S2/c1-19(2)23-7-5-6-8-26(23)40-30(45-18-31(40,3)41)37-36-16-20-9-14-24-27(15-20)46(42,43)17-25-28(24)38-39(4)29(25)21-10-12-22(13-11-21)44-32(33,34)35/h5-16,19,41H,17-18H2,1-4H3/b36-16-,37-30-. The molecular formula is C32H30F3N5O4S2. The van der Waals surface area contributed by atoms with Gasteiger partial charge in [0.15, 0.2) is 20.7 Å². The number of rotatable bonds is 6. The summed E-state index contributed by atoms with van der Waals surface area (Å²) < 4.78 is 70.4. The predicted octanol–water partition coefficient (Wildman–Crippen LogP) is 6.72. The van der Waals surface area contributed by atoms with Crippen LogP contribution in [0.1, 0.15) is 43.4 Å². The molecule has 4 aromatic rings. The molecule has 3 heterocycles. The van der Waals surface area contributed by atoms with Crippen LogP contribution in [0, 0.1) is 0 Å². The molecule has 1 N–H and O–H groups in total. The van der Waals surface area contributed by atoms with Gasteiger partial charge in [-0.15, -0.1) is 18.3 Å². The van der Waals surface area contributed by atoms with E-state index in [9.17, 15) is 26.7 Å². The highest BCUT2D eigenvalue weighted by Crippen LogP contribution is 2.43. The highest BCUT2D eigenvalue weighted by molar-refractivity contribution is 8.14. The minimum absolute atomic E-state index is 0.0980. The molecule has 6 rings (SSSR count). The number of aliphatic hydroxyl groups is 1. The highest BCUT2D eigenvalue weighted by atomic mass is 32.2. The fourth-order valence-corrected chi connectivity index (χ4v) is 8.42. The summed E-state index contributed by atoms with van der Waals surface area (Å²) in [6.45, 7) is 5.89. The number of hydrogen-bond donors (Lipinski definition) is 1. The van der Waals surface area contributed by atoms with E-state index in [0.29, 0.717) is 44.6 Å². The molecule has 1 atom stereocenters. The number of nitrogens with zero attached hydrogens (tertiary/aromatic N) is 5. The third-order valence-electron chi connectivity index (χ3n) is 7.73. The summed E-state index contributed by atoms with van der Waals surface area (Å²) in [4.78, 5) is 1.87. The molecule has 1 fully saturated rings. The number of benzene rings is 3. The lowest BCUT2D eigenvalue weighted by molar-refractivity contribution is -0.274. The maximum absolute atomic E-state index is 13.5. The fraction of sp³-hybridized carbons (Fsp3) is 0.281. The molecular weight excluding hydrogens is 640 g/mol. The van der Waals surface area contributed by atoms with E-state index in [1.54, 1.807) is 31.0 Å². The third kappa shape index (κ3) is 6.04. The number of para-hydroxylation sites is 1. The molecule has 0 bridgehead atoms. The lowest BCUT2D eigenvalue weighted by Gasteiger charge is -2.32. The monoisotopic (exact) mass is 669 g/mol. The van der Waals surface area contributed by atoms with Gasteiger partial charge in [-0.2, -0.15) is 10.2 Å². The van der Waals surface area contributed by atoms with Crippen molar-refractivity contribution in [3.8, 4) is 28.3 Å². The molecule has 0 saturated carbocycles. The number of fused-ring (bicyclic) bond motifs is 3. The lowest BCUT2D eigenvalue weighted by atomic mass is 9.99. The summed E-state index contributed by atoms with van der Waals surface area (Å²) in [5, 5.41) is 24.9. The molecule has 0 amide bonds.